The zero-order valence-electron chi connectivity index (χ0n) is 9.61. The van der Waals surface area contributed by atoms with Gasteiger partial charge in [-0.1, -0.05) is 0 Å². The SMILES string of the molecule is NS(=O)(=O)C1CCCN(C(=O)CCC(F)(F)F)C1. The third-order valence-corrected chi connectivity index (χ3v) is 4.13. The van der Waals surface area contributed by atoms with Crippen LogP contribution in [0, 0.1) is 0 Å². The van der Waals surface area contributed by atoms with Gasteiger partial charge in [0.25, 0.3) is 0 Å². The zero-order chi connectivity index (χ0) is 14.0. The van der Waals surface area contributed by atoms with E-state index in [0.29, 0.717) is 12.8 Å². The summed E-state index contributed by atoms with van der Waals surface area (Å²) in [6.07, 6.45) is -5.46. The van der Waals surface area contributed by atoms with Crippen molar-refractivity contribution in [2.75, 3.05) is 13.1 Å². The first-order chi connectivity index (χ1) is 8.09. The van der Waals surface area contributed by atoms with Crippen molar-refractivity contribution in [2.45, 2.75) is 37.1 Å². The lowest BCUT2D eigenvalue weighted by atomic mass is 10.1. The van der Waals surface area contributed by atoms with Gasteiger partial charge >= 0.3 is 6.18 Å². The summed E-state index contributed by atoms with van der Waals surface area (Å²) in [6.45, 7) is 0.165. The minimum atomic E-state index is -4.38. The summed E-state index contributed by atoms with van der Waals surface area (Å²) < 4.78 is 58.2. The van der Waals surface area contributed by atoms with Gasteiger partial charge in [0.15, 0.2) is 0 Å². The van der Waals surface area contributed by atoms with Gasteiger partial charge in [0.2, 0.25) is 15.9 Å². The Bertz CT molecular complexity index is 408. The number of sulfonamides is 1. The highest BCUT2D eigenvalue weighted by atomic mass is 32.2. The van der Waals surface area contributed by atoms with E-state index in [1.54, 1.807) is 0 Å². The van der Waals surface area contributed by atoms with Crippen LogP contribution in [0.4, 0.5) is 13.2 Å². The van der Waals surface area contributed by atoms with E-state index in [0.717, 1.165) is 4.90 Å². The van der Waals surface area contributed by atoms with E-state index in [1.807, 2.05) is 0 Å². The molecule has 106 valence electrons. The number of rotatable bonds is 3. The maximum atomic E-state index is 12.0. The van der Waals surface area contributed by atoms with Crippen molar-refractivity contribution in [1.29, 1.82) is 0 Å². The van der Waals surface area contributed by atoms with E-state index in [2.05, 4.69) is 0 Å². The van der Waals surface area contributed by atoms with Crippen molar-refractivity contribution >= 4 is 15.9 Å². The molecule has 9 heteroatoms. The van der Waals surface area contributed by atoms with Gasteiger partial charge in [-0.25, -0.2) is 13.6 Å². The third-order valence-electron chi connectivity index (χ3n) is 2.82. The van der Waals surface area contributed by atoms with E-state index in [9.17, 15) is 26.4 Å². The Hall–Kier alpha value is -0.830. The number of carbonyl (C=O) groups excluding carboxylic acids is 1. The number of nitrogens with two attached hydrogens (primary N) is 1. The molecule has 1 aliphatic heterocycles. The van der Waals surface area contributed by atoms with Crippen molar-refractivity contribution in [3.63, 3.8) is 0 Å². The topological polar surface area (TPSA) is 80.5 Å². The first kappa shape index (κ1) is 15.2. The summed E-state index contributed by atoms with van der Waals surface area (Å²) in [5.74, 6) is -0.680. The molecule has 1 amide bonds. The normalized spacial score (nSPS) is 22.0. The largest absolute Gasteiger partial charge is 0.389 e. The Kier molecular flexibility index (Phi) is 4.60. The smallest absolute Gasteiger partial charge is 0.341 e. The molecule has 1 fully saturated rings. The Labute approximate surface area is 103 Å². The lowest BCUT2D eigenvalue weighted by molar-refractivity contribution is -0.149. The van der Waals surface area contributed by atoms with Crippen LogP contribution in [0.1, 0.15) is 25.7 Å². The molecule has 1 atom stereocenters. The highest BCUT2D eigenvalue weighted by Crippen LogP contribution is 2.23. The Morgan fingerprint density at radius 1 is 1.39 bits per heavy atom. The molecule has 1 rings (SSSR count). The van der Waals surface area contributed by atoms with E-state index in [-0.39, 0.29) is 13.1 Å². The number of amides is 1. The molecular formula is C9H15F3N2O3S. The van der Waals surface area contributed by atoms with Crippen LogP contribution in [-0.2, 0) is 14.8 Å². The Balaban J connectivity index is 2.54. The standard InChI is InChI=1S/C9H15F3N2O3S/c10-9(11,12)4-3-8(15)14-5-1-2-7(6-14)18(13,16)17/h7H,1-6H2,(H2,13,16,17). The number of primary sulfonamides is 1. The first-order valence-electron chi connectivity index (χ1n) is 5.46. The molecule has 18 heavy (non-hydrogen) atoms. The average molecular weight is 288 g/mol. The number of alkyl halides is 3. The van der Waals surface area contributed by atoms with Crippen LogP contribution in [0.15, 0.2) is 0 Å². The molecule has 0 aromatic rings. The van der Waals surface area contributed by atoms with E-state index < -0.39 is 40.2 Å². The van der Waals surface area contributed by atoms with Crippen molar-refractivity contribution in [1.82, 2.24) is 4.90 Å². The minimum absolute atomic E-state index is 0.116. The molecule has 0 bridgehead atoms. The quantitative estimate of drug-likeness (QED) is 0.826. The van der Waals surface area contributed by atoms with Crippen LogP contribution in [0.25, 0.3) is 0 Å². The number of piperidine rings is 1. The Morgan fingerprint density at radius 2 is 2.00 bits per heavy atom. The predicted molar refractivity (Wildman–Crippen MR) is 58.0 cm³/mol. The minimum Gasteiger partial charge on any atom is -0.341 e. The molecule has 0 aromatic heterocycles. The van der Waals surface area contributed by atoms with Gasteiger partial charge in [-0.15, -0.1) is 0 Å². The van der Waals surface area contributed by atoms with Crippen molar-refractivity contribution in [2.24, 2.45) is 5.14 Å². The van der Waals surface area contributed by atoms with Gasteiger partial charge < -0.3 is 4.90 Å². The van der Waals surface area contributed by atoms with Gasteiger partial charge in [-0.05, 0) is 12.8 Å². The van der Waals surface area contributed by atoms with Gasteiger partial charge in [0, 0.05) is 19.5 Å². The summed E-state index contributed by atoms with van der Waals surface area (Å²) in [7, 11) is -3.75. The molecule has 2 N–H and O–H groups in total. The molecule has 1 heterocycles. The second-order valence-electron chi connectivity index (χ2n) is 4.31. The lowest BCUT2D eigenvalue weighted by Gasteiger charge is -2.31. The molecule has 0 saturated carbocycles. The van der Waals surface area contributed by atoms with E-state index >= 15 is 0 Å². The molecule has 0 aliphatic carbocycles. The first-order valence-corrected chi connectivity index (χ1v) is 7.06. The van der Waals surface area contributed by atoms with Gasteiger partial charge in [0.05, 0.1) is 11.7 Å². The van der Waals surface area contributed by atoms with Crippen molar-refractivity contribution in [3.8, 4) is 0 Å². The van der Waals surface area contributed by atoms with Crippen LogP contribution in [0.2, 0.25) is 0 Å². The molecular weight excluding hydrogens is 273 g/mol. The molecule has 5 nitrogen and oxygen atoms in total. The number of likely N-dealkylation sites (tertiary alicyclic amines) is 1. The van der Waals surface area contributed by atoms with Crippen LogP contribution >= 0.6 is 0 Å². The molecule has 0 spiro atoms. The summed E-state index contributed by atoms with van der Waals surface area (Å²) in [5, 5.41) is 4.10. The highest BCUT2D eigenvalue weighted by Gasteiger charge is 2.33. The maximum absolute atomic E-state index is 12.0. The Morgan fingerprint density at radius 3 is 2.50 bits per heavy atom. The highest BCUT2D eigenvalue weighted by molar-refractivity contribution is 7.89. The molecule has 0 radical (unpaired) electrons. The summed E-state index contributed by atoms with van der Waals surface area (Å²) in [4.78, 5) is 12.7. The van der Waals surface area contributed by atoms with Gasteiger partial charge in [-0.3, -0.25) is 4.79 Å². The van der Waals surface area contributed by atoms with E-state index in [4.69, 9.17) is 5.14 Å². The second kappa shape index (κ2) is 5.43. The van der Waals surface area contributed by atoms with Gasteiger partial charge in [-0.2, -0.15) is 13.2 Å². The molecule has 0 aromatic carbocycles. The lowest BCUT2D eigenvalue weighted by Crippen LogP contribution is -2.47. The molecule has 1 unspecified atom stereocenters. The number of carbonyl (C=O) groups is 1. The van der Waals surface area contributed by atoms with Crippen LogP contribution in [0.5, 0.6) is 0 Å². The van der Waals surface area contributed by atoms with Crippen LogP contribution in [0.3, 0.4) is 0 Å². The van der Waals surface area contributed by atoms with Crippen molar-refractivity contribution in [3.05, 3.63) is 0 Å². The van der Waals surface area contributed by atoms with E-state index in [1.165, 1.54) is 0 Å². The average Bonchev–Trinajstić information content (AvgIpc) is 2.24. The summed E-state index contributed by atoms with van der Waals surface area (Å²) >= 11 is 0. The second-order valence-corrected chi connectivity index (χ2v) is 6.15. The fourth-order valence-electron chi connectivity index (χ4n) is 1.84. The zero-order valence-corrected chi connectivity index (χ0v) is 10.4. The number of hydrogen-bond donors (Lipinski definition) is 1. The predicted octanol–water partition coefficient (Wildman–Crippen LogP) is 0.608. The molecule has 1 saturated heterocycles. The monoisotopic (exact) mass is 288 g/mol. The number of hydrogen-bond acceptors (Lipinski definition) is 3. The van der Waals surface area contributed by atoms with Crippen molar-refractivity contribution < 1.29 is 26.4 Å². The van der Waals surface area contributed by atoms with Crippen LogP contribution in [-0.4, -0.2) is 43.7 Å². The fourth-order valence-corrected chi connectivity index (χ4v) is 2.72. The fraction of sp³-hybridized carbons (Fsp3) is 0.889. The molecule has 1 aliphatic rings. The number of nitrogens with zero attached hydrogens (tertiary/aromatic N) is 1. The van der Waals surface area contributed by atoms with Crippen LogP contribution < -0.4 is 5.14 Å². The van der Waals surface area contributed by atoms with Gasteiger partial charge in [0.1, 0.15) is 0 Å². The third kappa shape index (κ3) is 4.81. The summed E-state index contributed by atoms with van der Waals surface area (Å²) in [6, 6.07) is 0. The number of halogens is 3. The summed E-state index contributed by atoms with van der Waals surface area (Å²) in [5.41, 5.74) is 0. The maximum Gasteiger partial charge on any atom is 0.389 e.